The van der Waals surface area contributed by atoms with Gasteiger partial charge in [0, 0.05) is 23.1 Å². The summed E-state index contributed by atoms with van der Waals surface area (Å²) in [6, 6.07) is 0. The Morgan fingerprint density at radius 3 is 2.77 bits per heavy atom. The van der Waals surface area contributed by atoms with E-state index in [9.17, 15) is 4.79 Å². The third-order valence-electron chi connectivity index (χ3n) is 1.43. The Balaban J connectivity index is 2.31. The standard InChI is InChI=1S/C7H12N2O2S2/c1-5-12-3-6(4-13-5)9-11-7(10)8-2/h5H,3-4H2,1-2H3,(H,8,10). The van der Waals surface area contributed by atoms with Gasteiger partial charge < -0.3 is 5.32 Å². The van der Waals surface area contributed by atoms with Crippen LogP contribution in [0.15, 0.2) is 5.16 Å². The van der Waals surface area contributed by atoms with Gasteiger partial charge in [-0.05, 0) is 6.92 Å². The molecular formula is C7H12N2O2S2. The Morgan fingerprint density at radius 2 is 2.23 bits per heavy atom. The van der Waals surface area contributed by atoms with Gasteiger partial charge in [-0.2, -0.15) is 0 Å². The van der Waals surface area contributed by atoms with E-state index >= 15 is 0 Å². The molecule has 13 heavy (non-hydrogen) atoms. The number of nitrogens with one attached hydrogen (secondary N) is 1. The van der Waals surface area contributed by atoms with Crippen LogP contribution in [0, 0.1) is 0 Å². The Bertz CT molecular complexity index is 211. The molecule has 1 fully saturated rings. The average Bonchev–Trinajstić information content (AvgIpc) is 2.16. The molecule has 6 heteroatoms. The first-order valence-electron chi connectivity index (χ1n) is 3.90. The highest BCUT2D eigenvalue weighted by Gasteiger charge is 2.15. The van der Waals surface area contributed by atoms with Crippen molar-refractivity contribution in [1.82, 2.24) is 5.32 Å². The van der Waals surface area contributed by atoms with Crippen molar-refractivity contribution in [2.24, 2.45) is 5.16 Å². The molecule has 1 rings (SSSR count). The van der Waals surface area contributed by atoms with Gasteiger partial charge in [-0.1, -0.05) is 5.16 Å². The van der Waals surface area contributed by atoms with Crippen molar-refractivity contribution in [1.29, 1.82) is 0 Å². The van der Waals surface area contributed by atoms with Gasteiger partial charge in [-0.15, -0.1) is 23.5 Å². The van der Waals surface area contributed by atoms with Crippen LogP contribution in [0.4, 0.5) is 4.79 Å². The predicted molar refractivity (Wildman–Crippen MR) is 57.4 cm³/mol. The van der Waals surface area contributed by atoms with Crippen LogP contribution in [0.1, 0.15) is 6.92 Å². The molecule has 1 heterocycles. The van der Waals surface area contributed by atoms with Crippen molar-refractivity contribution in [3.8, 4) is 0 Å². The molecule has 0 aromatic heterocycles. The summed E-state index contributed by atoms with van der Waals surface area (Å²) < 4.78 is 0.610. The van der Waals surface area contributed by atoms with E-state index in [2.05, 4.69) is 22.2 Å². The highest BCUT2D eigenvalue weighted by atomic mass is 32.2. The molecule has 1 aliphatic heterocycles. The molecule has 0 aromatic rings. The number of carbonyl (C=O) groups excluding carboxylic acids is 1. The summed E-state index contributed by atoms with van der Waals surface area (Å²) in [5.41, 5.74) is 0.928. The van der Waals surface area contributed by atoms with E-state index in [1.54, 1.807) is 23.5 Å². The van der Waals surface area contributed by atoms with Gasteiger partial charge in [0.1, 0.15) is 0 Å². The van der Waals surface area contributed by atoms with Crippen LogP contribution < -0.4 is 5.32 Å². The summed E-state index contributed by atoms with van der Waals surface area (Å²) in [6.07, 6.45) is -0.513. The lowest BCUT2D eigenvalue weighted by molar-refractivity contribution is 0.153. The Kier molecular flexibility index (Phi) is 4.44. The maximum Gasteiger partial charge on any atom is 0.433 e. The molecular weight excluding hydrogens is 208 g/mol. The molecule has 1 aliphatic rings. The second kappa shape index (κ2) is 5.39. The minimum Gasteiger partial charge on any atom is -0.323 e. The Morgan fingerprint density at radius 1 is 1.62 bits per heavy atom. The van der Waals surface area contributed by atoms with Crippen molar-refractivity contribution in [3.05, 3.63) is 0 Å². The number of hydrogen-bond acceptors (Lipinski definition) is 5. The van der Waals surface area contributed by atoms with Crippen LogP contribution in [0.25, 0.3) is 0 Å². The lowest BCUT2D eigenvalue weighted by Gasteiger charge is -2.17. The fraction of sp³-hybridized carbons (Fsp3) is 0.714. The minimum absolute atomic E-state index is 0.513. The van der Waals surface area contributed by atoms with Crippen LogP contribution in [0.5, 0.6) is 0 Å². The van der Waals surface area contributed by atoms with Gasteiger partial charge >= 0.3 is 6.09 Å². The molecule has 0 atom stereocenters. The first kappa shape index (κ1) is 10.7. The van der Waals surface area contributed by atoms with E-state index < -0.39 is 6.09 Å². The molecule has 0 aromatic carbocycles. The Hall–Kier alpha value is -0.360. The maximum atomic E-state index is 10.7. The van der Waals surface area contributed by atoms with Gasteiger partial charge in [0.15, 0.2) is 0 Å². The zero-order chi connectivity index (χ0) is 9.68. The van der Waals surface area contributed by atoms with Gasteiger partial charge in [-0.25, -0.2) is 4.79 Å². The average molecular weight is 220 g/mol. The first-order chi connectivity index (χ1) is 6.22. The number of thioether (sulfide) groups is 2. The van der Waals surface area contributed by atoms with Crippen LogP contribution in [-0.4, -0.2) is 34.9 Å². The summed E-state index contributed by atoms with van der Waals surface area (Å²) in [4.78, 5) is 15.2. The smallest absolute Gasteiger partial charge is 0.323 e. The van der Waals surface area contributed by atoms with E-state index in [4.69, 9.17) is 0 Å². The van der Waals surface area contributed by atoms with Crippen LogP contribution in [0.3, 0.4) is 0 Å². The summed E-state index contributed by atoms with van der Waals surface area (Å²) in [6.45, 7) is 2.16. The normalized spacial score (nSPS) is 22.3. The fourth-order valence-electron chi connectivity index (χ4n) is 0.721. The van der Waals surface area contributed by atoms with E-state index in [1.165, 1.54) is 7.05 Å². The molecule has 0 spiro atoms. The van der Waals surface area contributed by atoms with Gasteiger partial charge in [0.25, 0.3) is 0 Å². The fourth-order valence-corrected chi connectivity index (χ4v) is 2.81. The molecule has 0 bridgehead atoms. The number of amides is 1. The van der Waals surface area contributed by atoms with Gasteiger partial charge in [-0.3, -0.25) is 4.84 Å². The van der Waals surface area contributed by atoms with Crippen molar-refractivity contribution in [2.45, 2.75) is 11.5 Å². The molecule has 0 unspecified atom stereocenters. The zero-order valence-electron chi connectivity index (χ0n) is 7.57. The lowest BCUT2D eigenvalue weighted by Crippen LogP contribution is -2.20. The topological polar surface area (TPSA) is 50.7 Å². The van der Waals surface area contributed by atoms with Crippen LogP contribution in [-0.2, 0) is 4.84 Å². The first-order valence-corrected chi connectivity index (χ1v) is 6.00. The zero-order valence-corrected chi connectivity index (χ0v) is 9.20. The molecule has 0 saturated carbocycles. The van der Waals surface area contributed by atoms with Crippen molar-refractivity contribution in [2.75, 3.05) is 18.6 Å². The number of rotatable bonds is 1. The summed E-state index contributed by atoms with van der Waals surface area (Å²) in [5.74, 6) is 1.70. The second-order valence-corrected chi connectivity index (χ2v) is 5.43. The van der Waals surface area contributed by atoms with Crippen molar-refractivity contribution >= 4 is 35.3 Å². The second-order valence-electron chi connectivity index (χ2n) is 2.48. The summed E-state index contributed by atoms with van der Waals surface area (Å²) in [7, 11) is 1.51. The SMILES string of the molecule is CNC(=O)ON=C1CSC(C)SC1. The molecule has 4 nitrogen and oxygen atoms in total. The monoisotopic (exact) mass is 220 g/mol. The van der Waals surface area contributed by atoms with Crippen molar-refractivity contribution < 1.29 is 9.63 Å². The highest BCUT2D eigenvalue weighted by molar-refractivity contribution is 8.18. The third kappa shape index (κ3) is 3.91. The quantitative estimate of drug-likeness (QED) is 0.538. The van der Waals surface area contributed by atoms with E-state index in [0.29, 0.717) is 4.58 Å². The minimum atomic E-state index is -0.513. The van der Waals surface area contributed by atoms with Crippen LogP contribution in [0.2, 0.25) is 0 Å². The van der Waals surface area contributed by atoms with E-state index in [1.807, 2.05) is 0 Å². The maximum absolute atomic E-state index is 10.7. The molecule has 1 N–H and O–H groups in total. The van der Waals surface area contributed by atoms with E-state index in [-0.39, 0.29) is 0 Å². The largest absolute Gasteiger partial charge is 0.433 e. The predicted octanol–water partition coefficient (Wildman–Crippen LogP) is 1.52. The van der Waals surface area contributed by atoms with Crippen molar-refractivity contribution in [3.63, 3.8) is 0 Å². The molecule has 1 amide bonds. The van der Waals surface area contributed by atoms with Crippen LogP contribution >= 0.6 is 23.5 Å². The molecule has 74 valence electrons. The number of carbonyl (C=O) groups is 1. The molecule has 0 radical (unpaired) electrons. The molecule has 0 aliphatic carbocycles. The molecule has 1 saturated heterocycles. The van der Waals surface area contributed by atoms with E-state index in [0.717, 1.165) is 17.2 Å². The lowest BCUT2D eigenvalue weighted by atomic mass is 10.5. The summed E-state index contributed by atoms with van der Waals surface area (Å²) in [5, 5.41) is 6.08. The Labute approximate surface area is 85.8 Å². The van der Waals surface area contributed by atoms with Gasteiger partial charge in [0.2, 0.25) is 0 Å². The number of oxime groups is 1. The third-order valence-corrected chi connectivity index (χ3v) is 4.19. The van der Waals surface area contributed by atoms with Gasteiger partial charge in [0.05, 0.1) is 5.71 Å². The highest BCUT2D eigenvalue weighted by Crippen LogP contribution is 2.28. The number of hydrogen-bond donors (Lipinski definition) is 1. The number of nitrogens with zero attached hydrogens (tertiary/aromatic N) is 1. The summed E-state index contributed by atoms with van der Waals surface area (Å²) >= 11 is 3.61.